The molecule has 4 rings (SSSR count). The minimum atomic E-state index is -0.411. The fourth-order valence-electron chi connectivity index (χ4n) is 3.90. The van der Waals surface area contributed by atoms with Gasteiger partial charge in [0.15, 0.2) is 0 Å². The third-order valence-corrected chi connectivity index (χ3v) is 5.31. The number of ether oxygens (including phenoxy) is 1. The van der Waals surface area contributed by atoms with Gasteiger partial charge in [-0.3, -0.25) is 4.79 Å². The minimum Gasteiger partial charge on any atom is -0.491 e. The van der Waals surface area contributed by atoms with Crippen LogP contribution in [0.5, 0.6) is 5.75 Å². The fraction of sp³-hybridized carbons (Fsp3) is 0.320. The lowest BCUT2D eigenvalue weighted by Gasteiger charge is -2.30. The Labute approximate surface area is 171 Å². The molecule has 1 atom stereocenters. The monoisotopic (exact) mass is 389 g/mol. The standard InChI is InChI=1S/C25H27NO3/c1-17(2)29-24-7-3-5-18(15-24)19-8-9-21-14-22(11-10-20(21)13-19)25(28)26-12-4-6-23(27)16-26/h3,5,7-11,13-15,17,23,27H,4,6,12,16H2,1-2H3/t23-/m1/s1. The van der Waals surface area contributed by atoms with Gasteiger partial charge in [-0.2, -0.15) is 0 Å². The Kier molecular flexibility index (Phi) is 5.54. The third-order valence-electron chi connectivity index (χ3n) is 5.31. The van der Waals surface area contributed by atoms with E-state index in [4.69, 9.17) is 4.74 Å². The van der Waals surface area contributed by atoms with E-state index in [1.807, 2.05) is 44.2 Å². The number of aliphatic hydroxyl groups is 1. The summed E-state index contributed by atoms with van der Waals surface area (Å²) in [4.78, 5) is 14.6. The lowest BCUT2D eigenvalue weighted by atomic mass is 9.99. The highest BCUT2D eigenvalue weighted by Gasteiger charge is 2.23. The van der Waals surface area contributed by atoms with Gasteiger partial charge >= 0.3 is 0 Å². The minimum absolute atomic E-state index is 0.00624. The van der Waals surface area contributed by atoms with Crippen molar-refractivity contribution in [3.63, 3.8) is 0 Å². The molecule has 0 radical (unpaired) electrons. The van der Waals surface area contributed by atoms with Crippen molar-refractivity contribution in [2.45, 2.75) is 38.9 Å². The third kappa shape index (κ3) is 4.43. The predicted molar refractivity (Wildman–Crippen MR) is 116 cm³/mol. The Bertz CT molecular complexity index is 1030. The molecule has 1 aliphatic heterocycles. The van der Waals surface area contributed by atoms with Crippen LogP contribution in [0.3, 0.4) is 0 Å². The molecule has 1 fully saturated rings. The quantitative estimate of drug-likeness (QED) is 0.691. The number of likely N-dealkylation sites (tertiary alicyclic amines) is 1. The van der Waals surface area contributed by atoms with E-state index in [1.54, 1.807) is 4.90 Å². The molecule has 0 unspecified atom stereocenters. The van der Waals surface area contributed by atoms with E-state index in [0.29, 0.717) is 18.7 Å². The van der Waals surface area contributed by atoms with Crippen molar-refractivity contribution in [2.24, 2.45) is 0 Å². The summed E-state index contributed by atoms with van der Waals surface area (Å²) < 4.78 is 5.81. The Morgan fingerprint density at radius 3 is 2.59 bits per heavy atom. The molecular formula is C25H27NO3. The number of benzene rings is 3. The molecule has 1 N–H and O–H groups in total. The first kappa shape index (κ1) is 19.5. The molecule has 0 spiro atoms. The summed E-state index contributed by atoms with van der Waals surface area (Å²) in [5.41, 5.74) is 2.89. The van der Waals surface area contributed by atoms with Crippen molar-refractivity contribution in [1.29, 1.82) is 0 Å². The van der Waals surface area contributed by atoms with Gasteiger partial charge in [-0.25, -0.2) is 0 Å². The molecule has 0 aliphatic carbocycles. The molecule has 3 aromatic carbocycles. The van der Waals surface area contributed by atoms with Crippen LogP contribution >= 0.6 is 0 Å². The number of rotatable bonds is 4. The van der Waals surface area contributed by atoms with Crippen LogP contribution < -0.4 is 4.74 Å². The molecular weight excluding hydrogens is 362 g/mol. The Hall–Kier alpha value is -2.85. The van der Waals surface area contributed by atoms with Crippen molar-refractivity contribution in [2.75, 3.05) is 13.1 Å². The first-order chi connectivity index (χ1) is 14.0. The second kappa shape index (κ2) is 8.26. The summed E-state index contributed by atoms with van der Waals surface area (Å²) in [5.74, 6) is 0.857. The van der Waals surface area contributed by atoms with Gasteiger partial charge in [0.05, 0.1) is 12.2 Å². The van der Waals surface area contributed by atoms with Gasteiger partial charge in [-0.1, -0.05) is 30.3 Å². The number of piperidine rings is 1. The van der Waals surface area contributed by atoms with Crippen LogP contribution in [0, 0.1) is 0 Å². The number of carbonyl (C=O) groups excluding carboxylic acids is 1. The van der Waals surface area contributed by atoms with Gasteiger partial charge in [0.25, 0.3) is 5.91 Å². The maximum atomic E-state index is 12.8. The Morgan fingerprint density at radius 1 is 1.03 bits per heavy atom. The summed E-state index contributed by atoms with van der Waals surface area (Å²) >= 11 is 0. The average Bonchev–Trinajstić information content (AvgIpc) is 2.72. The maximum Gasteiger partial charge on any atom is 0.253 e. The van der Waals surface area contributed by atoms with Gasteiger partial charge in [0, 0.05) is 18.7 Å². The van der Waals surface area contributed by atoms with Crippen LogP contribution in [0.2, 0.25) is 0 Å². The zero-order chi connectivity index (χ0) is 20.4. The Morgan fingerprint density at radius 2 is 1.79 bits per heavy atom. The summed E-state index contributed by atoms with van der Waals surface area (Å²) in [6.07, 6.45) is 1.35. The van der Waals surface area contributed by atoms with Crippen molar-refractivity contribution in [3.8, 4) is 16.9 Å². The van der Waals surface area contributed by atoms with Gasteiger partial charge in [0.2, 0.25) is 0 Å². The van der Waals surface area contributed by atoms with Gasteiger partial charge < -0.3 is 14.7 Å². The number of aliphatic hydroxyl groups excluding tert-OH is 1. The molecule has 3 aromatic rings. The van der Waals surface area contributed by atoms with Crippen molar-refractivity contribution in [3.05, 3.63) is 66.2 Å². The van der Waals surface area contributed by atoms with Crippen molar-refractivity contribution in [1.82, 2.24) is 4.90 Å². The highest BCUT2D eigenvalue weighted by molar-refractivity contribution is 5.99. The number of hydrogen-bond acceptors (Lipinski definition) is 3. The molecule has 4 nitrogen and oxygen atoms in total. The van der Waals surface area contributed by atoms with Crippen LogP contribution in [0.15, 0.2) is 60.7 Å². The number of fused-ring (bicyclic) bond motifs is 1. The summed E-state index contributed by atoms with van der Waals surface area (Å²) in [5, 5.41) is 12.0. The van der Waals surface area contributed by atoms with Crippen LogP contribution in [-0.4, -0.2) is 41.2 Å². The number of nitrogens with zero attached hydrogens (tertiary/aromatic N) is 1. The molecule has 4 heteroatoms. The van der Waals surface area contributed by atoms with Crippen molar-refractivity contribution >= 4 is 16.7 Å². The first-order valence-electron chi connectivity index (χ1n) is 10.3. The summed E-state index contributed by atoms with van der Waals surface area (Å²) in [7, 11) is 0. The van der Waals surface area contributed by atoms with Gasteiger partial charge in [-0.05, 0) is 78.9 Å². The topological polar surface area (TPSA) is 49.8 Å². The van der Waals surface area contributed by atoms with E-state index >= 15 is 0 Å². The molecule has 1 aliphatic rings. The van der Waals surface area contributed by atoms with E-state index in [-0.39, 0.29) is 12.0 Å². The molecule has 0 bridgehead atoms. The normalized spacial score (nSPS) is 17.0. The zero-order valence-electron chi connectivity index (χ0n) is 17.0. The molecule has 150 valence electrons. The SMILES string of the molecule is CC(C)Oc1cccc(-c2ccc3cc(C(=O)N4CCC[C@@H](O)C4)ccc3c2)c1. The van der Waals surface area contributed by atoms with E-state index < -0.39 is 6.10 Å². The molecule has 1 amide bonds. The van der Waals surface area contributed by atoms with Crippen molar-refractivity contribution < 1.29 is 14.6 Å². The Balaban J connectivity index is 1.60. The van der Waals surface area contributed by atoms with Crippen LogP contribution in [0.4, 0.5) is 0 Å². The second-order valence-electron chi connectivity index (χ2n) is 8.02. The number of carbonyl (C=O) groups is 1. The number of hydrogen-bond donors (Lipinski definition) is 1. The lowest BCUT2D eigenvalue weighted by molar-refractivity contribution is 0.0474. The molecule has 1 heterocycles. The molecule has 1 saturated heterocycles. The largest absolute Gasteiger partial charge is 0.491 e. The zero-order valence-corrected chi connectivity index (χ0v) is 17.0. The summed E-state index contributed by atoms with van der Waals surface area (Å²) in [6, 6.07) is 20.2. The molecule has 0 saturated carbocycles. The van der Waals surface area contributed by atoms with E-state index in [2.05, 4.69) is 30.3 Å². The van der Waals surface area contributed by atoms with Gasteiger partial charge in [-0.15, -0.1) is 0 Å². The van der Waals surface area contributed by atoms with Crippen LogP contribution in [-0.2, 0) is 0 Å². The predicted octanol–water partition coefficient (Wildman–Crippen LogP) is 4.89. The summed E-state index contributed by atoms with van der Waals surface area (Å²) in [6.45, 7) is 5.17. The number of β-amino-alcohol motifs (C(OH)–C–C–N with tert-alkyl or cyclic N) is 1. The lowest BCUT2D eigenvalue weighted by Crippen LogP contribution is -2.42. The van der Waals surface area contributed by atoms with E-state index in [1.165, 1.54) is 0 Å². The maximum absolute atomic E-state index is 12.8. The smallest absolute Gasteiger partial charge is 0.253 e. The number of amides is 1. The van der Waals surface area contributed by atoms with E-state index in [0.717, 1.165) is 40.5 Å². The fourth-order valence-corrected chi connectivity index (χ4v) is 3.90. The van der Waals surface area contributed by atoms with Gasteiger partial charge in [0.1, 0.15) is 5.75 Å². The van der Waals surface area contributed by atoms with Crippen LogP contribution in [0.25, 0.3) is 21.9 Å². The van der Waals surface area contributed by atoms with Crippen LogP contribution in [0.1, 0.15) is 37.0 Å². The van der Waals surface area contributed by atoms with E-state index in [9.17, 15) is 9.90 Å². The highest BCUT2D eigenvalue weighted by atomic mass is 16.5. The molecule has 29 heavy (non-hydrogen) atoms. The first-order valence-corrected chi connectivity index (χ1v) is 10.3. The second-order valence-corrected chi connectivity index (χ2v) is 8.02. The average molecular weight is 389 g/mol. The highest BCUT2D eigenvalue weighted by Crippen LogP contribution is 2.28. The molecule has 0 aromatic heterocycles.